The molecule has 0 bridgehead atoms. The van der Waals surface area contributed by atoms with Crippen molar-refractivity contribution in [3.05, 3.63) is 0 Å². The number of amidine groups is 1. The minimum atomic E-state index is 0.584. The summed E-state index contributed by atoms with van der Waals surface area (Å²) in [5.74, 6) is 2.54. The predicted octanol–water partition coefficient (Wildman–Crippen LogP) is 2.77. The first-order chi connectivity index (χ1) is 8.09. The van der Waals surface area contributed by atoms with Crippen LogP contribution in [0.15, 0.2) is 4.99 Å². The largest absolute Gasteiger partial charge is 0.380 e. The van der Waals surface area contributed by atoms with Crippen molar-refractivity contribution < 1.29 is 4.74 Å². The van der Waals surface area contributed by atoms with Gasteiger partial charge < -0.3 is 10.1 Å². The Balaban J connectivity index is 2.06. The SMILES string of the molecule is CC(C)CCOCCN=C1N[C@@H](C(C)C)CS1. The van der Waals surface area contributed by atoms with Crippen LogP contribution in [-0.2, 0) is 4.74 Å². The minimum absolute atomic E-state index is 0.584. The molecule has 1 N–H and O–H groups in total. The molecule has 100 valence electrons. The first kappa shape index (κ1) is 14.8. The summed E-state index contributed by atoms with van der Waals surface area (Å²) in [7, 11) is 0. The van der Waals surface area contributed by atoms with Crippen LogP contribution in [0.2, 0.25) is 0 Å². The molecule has 1 atom stereocenters. The van der Waals surface area contributed by atoms with Gasteiger partial charge in [0.1, 0.15) is 0 Å². The molecule has 17 heavy (non-hydrogen) atoms. The number of nitrogens with zero attached hydrogens (tertiary/aromatic N) is 1. The van der Waals surface area contributed by atoms with Crippen molar-refractivity contribution in [2.75, 3.05) is 25.5 Å². The van der Waals surface area contributed by atoms with Crippen LogP contribution in [0, 0.1) is 11.8 Å². The topological polar surface area (TPSA) is 33.6 Å². The molecule has 0 amide bonds. The Hall–Kier alpha value is -0.220. The number of thioether (sulfide) groups is 1. The standard InChI is InChI=1S/C13H26N2OS/c1-10(2)5-7-16-8-6-14-13-15-12(9-17-13)11(3)4/h10-12H,5-9H2,1-4H3,(H,14,15)/t12-/m1/s1. The molecule has 0 unspecified atom stereocenters. The third-order valence-corrected chi connectivity index (χ3v) is 3.89. The number of ether oxygens (including phenoxy) is 1. The van der Waals surface area contributed by atoms with E-state index in [1.165, 1.54) is 0 Å². The molecule has 1 aliphatic heterocycles. The minimum Gasteiger partial charge on any atom is -0.380 e. The lowest BCUT2D eigenvalue weighted by atomic mass is 10.1. The van der Waals surface area contributed by atoms with Gasteiger partial charge in [0.2, 0.25) is 0 Å². The van der Waals surface area contributed by atoms with Crippen molar-refractivity contribution >= 4 is 16.9 Å². The van der Waals surface area contributed by atoms with Gasteiger partial charge in [-0.3, -0.25) is 4.99 Å². The molecular formula is C13H26N2OS. The summed E-state index contributed by atoms with van der Waals surface area (Å²) in [5, 5.41) is 4.55. The fraction of sp³-hybridized carbons (Fsp3) is 0.923. The van der Waals surface area contributed by atoms with E-state index in [-0.39, 0.29) is 0 Å². The molecule has 0 radical (unpaired) electrons. The Morgan fingerprint density at radius 1 is 1.35 bits per heavy atom. The number of rotatable bonds is 7. The highest BCUT2D eigenvalue weighted by Gasteiger charge is 2.22. The molecule has 1 saturated heterocycles. The van der Waals surface area contributed by atoms with Crippen molar-refractivity contribution in [2.24, 2.45) is 16.8 Å². The van der Waals surface area contributed by atoms with Crippen LogP contribution in [0.1, 0.15) is 34.1 Å². The van der Waals surface area contributed by atoms with E-state index in [1.54, 1.807) is 0 Å². The lowest BCUT2D eigenvalue weighted by Crippen LogP contribution is -2.31. The van der Waals surface area contributed by atoms with E-state index in [0.29, 0.717) is 12.0 Å². The Morgan fingerprint density at radius 2 is 2.12 bits per heavy atom. The monoisotopic (exact) mass is 258 g/mol. The van der Waals surface area contributed by atoms with Crippen molar-refractivity contribution in [2.45, 2.75) is 40.2 Å². The molecule has 1 aliphatic rings. The quantitative estimate of drug-likeness (QED) is 0.713. The fourth-order valence-electron chi connectivity index (χ4n) is 1.49. The molecule has 0 aromatic carbocycles. The average molecular weight is 258 g/mol. The van der Waals surface area contributed by atoms with Crippen molar-refractivity contribution in [1.82, 2.24) is 5.32 Å². The number of hydrogen-bond donors (Lipinski definition) is 1. The van der Waals surface area contributed by atoms with Gasteiger partial charge >= 0.3 is 0 Å². The first-order valence-electron chi connectivity index (χ1n) is 6.61. The van der Waals surface area contributed by atoms with Crippen molar-refractivity contribution in [3.63, 3.8) is 0 Å². The second-order valence-corrected chi connectivity index (χ2v) is 6.30. The number of hydrogen-bond acceptors (Lipinski definition) is 3. The molecular weight excluding hydrogens is 232 g/mol. The van der Waals surface area contributed by atoms with E-state index >= 15 is 0 Å². The summed E-state index contributed by atoms with van der Waals surface area (Å²) < 4.78 is 5.53. The van der Waals surface area contributed by atoms with Gasteiger partial charge in [0, 0.05) is 18.4 Å². The molecule has 0 saturated carbocycles. The summed E-state index contributed by atoms with van der Waals surface area (Å²) in [6.45, 7) is 11.3. The van der Waals surface area contributed by atoms with Gasteiger partial charge in [0.25, 0.3) is 0 Å². The summed E-state index contributed by atoms with van der Waals surface area (Å²) in [4.78, 5) is 4.52. The highest BCUT2D eigenvalue weighted by Crippen LogP contribution is 2.18. The third-order valence-electron chi connectivity index (χ3n) is 2.84. The summed E-state index contributed by atoms with van der Waals surface area (Å²) in [6.07, 6.45) is 1.14. The second kappa shape index (κ2) is 7.98. The second-order valence-electron chi connectivity index (χ2n) is 5.29. The van der Waals surface area contributed by atoms with E-state index in [1.807, 2.05) is 11.8 Å². The molecule has 0 spiro atoms. The van der Waals surface area contributed by atoms with Gasteiger partial charge in [0.05, 0.1) is 13.2 Å². The molecule has 3 nitrogen and oxygen atoms in total. The van der Waals surface area contributed by atoms with Gasteiger partial charge in [-0.15, -0.1) is 0 Å². The van der Waals surface area contributed by atoms with Crippen molar-refractivity contribution in [3.8, 4) is 0 Å². The van der Waals surface area contributed by atoms with Gasteiger partial charge in [0.15, 0.2) is 5.17 Å². The fourth-order valence-corrected chi connectivity index (χ4v) is 2.72. The Bertz CT molecular complexity index is 242. The zero-order valence-corrected chi connectivity index (χ0v) is 12.3. The molecule has 4 heteroatoms. The van der Waals surface area contributed by atoms with Crippen LogP contribution in [0.3, 0.4) is 0 Å². The average Bonchev–Trinajstić information content (AvgIpc) is 2.71. The molecule has 1 fully saturated rings. The lowest BCUT2D eigenvalue weighted by Gasteiger charge is -2.13. The Morgan fingerprint density at radius 3 is 2.71 bits per heavy atom. The summed E-state index contributed by atoms with van der Waals surface area (Å²) in [5.41, 5.74) is 0. The zero-order chi connectivity index (χ0) is 12.7. The highest BCUT2D eigenvalue weighted by molar-refractivity contribution is 8.14. The number of aliphatic imine (C=N–C) groups is 1. The van der Waals surface area contributed by atoms with E-state index in [0.717, 1.165) is 43.0 Å². The van der Waals surface area contributed by atoms with Crippen LogP contribution in [0.4, 0.5) is 0 Å². The van der Waals surface area contributed by atoms with E-state index in [9.17, 15) is 0 Å². The predicted molar refractivity (Wildman–Crippen MR) is 76.8 cm³/mol. The summed E-state index contributed by atoms with van der Waals surface area (Å²) >= 11 is 1.83. The molecule has 0 aromatic heterocycles. The van der Waals surface area contributed by atoms with E-state index < -0.39 is 0 Å². The van der Waals surface area contributed by atoms with Crippen LogP contribution in [0.25, 0.3) is 0 Å². The number of nitrogens with one attached hydrogen (secondary N) is 1. The maximum absolute atomic E-state index is 5.53. The molecule has 0 aromatic rings. The van der Waals surface area contributed by atoms with Gasteiger partial charge in [-0.25, -0.2) is 0 Å². The van der Waals surface area contributed by atoms with Gasteiger partial charge in [-0.05, 0) is 18.3 Å². The van der Waals surface area contributed by atoms with Gasteiger partial charge in [-0.1, -0.05) is 39.5 Å². The molecule has 0 aliphatic carbocycles. The van der Waals surface area contributed by atoms with Crippen LogP contribution >= 0.6 is 11.8 Å². The van der Waals surface area contributed by atoms with Gasteiger partial charge in [-0.2, -0.15) is 0 Å². The summed E-state index contributed by atoms with van der Waals surface area (Å²) in [6, 6.07) is 0.584. The Kier molecular flexibility index (Phi) is 6.97. The highest BCUT2D eigenvalue weighted by atomic mass is 32.2. The van der Waals surface area contributed by atoms with Crippen LogP contribution in [0.5, 0.6) is 0 Å². The molecule has 1 heterocycles. The smallest absolute Gasteiger partial charge is 0.156 e. The maximum atomic E-state index is 5.53. The third kappa shape index (κ3) is 6.32. The zero-order valence-electron chi connectivity index (χ0n) is 11.5. The van der Waals surface area contributed by atoms with E-state index in [4.69, 9.17) is 4.74 Å². The molecule has 1 rings (SSSR count). The normalized spacial score (nSPS) is 22.7. The van der Waals surface area contributed by atoms with Crippen molar-refractivity contribution in [1.29, 1.82) is 0 Å². The Labute approximate surface area is 110 Å². The van der Waals surface area contributed by atoms with E-state index in [2.05, 4.69) is 38.0 Å². The maximum Gasteiger partial charge on any atom is 0.156 e. The van der Waals surface area contributed by atoms with Crippen LogP contribution in [-0.4, -0.2) is 36.7 Å². The lowest BCUT2D eigenvalue weighted by molar-refractivity contribution is 0.131. The first-order valence-corrected chi connectivity index (χ1v) is 7.59. The van der Waals surface area contributed by atoms with Crippen LogP contribution < -0.4 is 5.32 Å².